The number of fused-ring (bicyclic) bond motifs is 1. The highest BCUT2D eigenvalue weighted by Gasteiger charge is 2.10. The van der Waals surface area contributed by atoms with Crippen LogP contribution in [0.3, 0.4) is 0 Å². The van der Waals surface area contributed by atoms with Crippen LogP contribution in [0.4, 0.5) is 0 Å². The summed E-state index contributed by atoms with van der Waals surface area (Å²) in [5.74, 6) is 1.49. The van der Waals surface area contributed by atoms with E-state index >= 15 is 0 Å². The topological polar surface area (TPSA) is 23.4 Å². The van der Waals surface area contributed by atoms with Gasteiger partial charge in [0.25, 0.3) is 0 Å². The van der Waals surface area contributed by atoms with E-state index in [0.717, 1.165) is 34.1 Å². The summed E-state index contributed by atoms with van der Waals surface area (Å²) >= 11 is 6.08. The Bertz CT molecular complexity index is 795. The summed E-state index contributed by atoms with van der Waals surface area (Å²) in [5, 5.41) is 1.88. The molecule has 3 rings (SSSR count). The van der Waals surface area contributed by atoms with Gasteiger partial charge in [0.15, 0.2) is 11.5 Å². The Hall–Kier alpha value is -2.13. The van der Waals surface area contributed by atoms with E-state index in [1.807, 2.05) is 42.5 Å². The Balaban J connectivity index is 1.90. The number of nitrogens with zero attached hydrogens (tertiary/aromatic N) is 1. The number of hydrogen-bond donors (Lipinski definition) is 0. The van der Waals surface area contributed by atoms with Crippen molar-refractivity contribution in [3.05, 3.63) is 59.2 Å². The molecule has 114 valence electrons. The molecule has 22 heavy (non-hydrogen) atoms. The van der Waals surface area contributed by atoms with Crippen LogP contribution in [-0.4, -0.2) is 11.7 Å². The Labute approximate surface area is 135 Å². The van der Waals surface area contributed by atoms with E-state index in [-0.39, 0.29) is 0 Å². The molecule has 0 saturated carbocycles. The van der Waals surface area contributed by atoms with Gasteiger partial charge in [0.2, 0.25) is 0 Å². The quantitative estimate of drug-likeness (QED) is 0.668. The molecule has 0 atom stereocenters. The molecule has 0 spiro atoms. The minimum atomic E-state index is 0.487. The number of aromatic nitrogens is 1. The lowest BCUT2D eigenvalue weighted by Crippen LogP contribution is -2.05. The number of benzene rings is 2. The maximum Gasteiger partial charge on any atom is 0.161 e. The SMILES string of the molecule is CCn1c(COc2ccccc2OC)cc2cc(Cl)ccc21. The molecule has 1 heterocycles. The molecule has 0 fully saturated rings. The van der Waals surface area contributed by atoms with Crippen LogP contribution >= 0.6 is 11.6 Å². The normalized spacial score (nSPS) is 10.9. The minimum Gasteiger partial charge on any atom is -0.493 e. The van der Waals surface area contributed by atoms with Crippen molar-refractivity contribution in [3.63, 3.8) is 0 Å². The van der Waals surface area contributed by atoms with Crippen molar-refractivity contribution < 1.29 is 9.47 Å². The Morgan fingerprint density at radius 2 is 1.82 bits per heavy atom. The van der Waals surface area contributed by atoms with Crippen molar-refractivity contribution in [3.8, 4) is 11.5 Å². The average molecular weight is 316 g/mol. The molecule has 0 aliphatic rings. The van der Waals surface area contributed by atoms with Crippen molar-refractivity contribution >= 4 is 22.5 Å². The highest BCUT2D eigenvalue weighted by Crippen LogP contribution is 2.28. The van der Waals surface area contributed by atoms with Crippen LogP contribution in [0.15, 0.2) is 48.5 Å². The Morgan fingerprint density at radius 1 is 1.05 bits per heavy atom. The minimum absolute atomic E-state index is 0.487. The lowest BCUT2D eigenvalue weighted by Gasteiger charge is -2.12. The largest absolute Gasteiger partial charge is 0.493 e. The van der Waals surface area contributed by atoms with Crippen LogP contribution in [0.5, 0.6) is 11.5 Å². The second-order valence-corrected chi connectivity index (χ2v) is 5.46. The first-order valence-corrected chi connectivity index (χ1v) is 7.64. The van der Waals surface area contributed by atoms with Crippen molar-refractivity contribution in [1.29, 1.82) is 0 Å². The zero-order chi connectivity index (χ0) is 15.5. The Kier molecular flexibility index (Phi) is 4.25. The number of aryl methyl sites for hydroxylation is 1. The van der Waals surface area contributed by atoms with Gasteiger partial charge in [0, 0.05) is 22.5 Å². The van der Waals surface area contributed by atoms with Gasteiger partial charge in [-0.2, -0.15) is 0 Å². The zero-order valence-electron chi connectivity index (χ0n) is 12.7. The van der Waals surface area contributed by atoms with Gasteiger partial charge in [-0.25, -0.2) is 0 Å². The number of ether oxygens (including phenoxy) is 2. The van der Waals surface area contributed by atoms with Gasteiger partial charge in [-0.05, 0) is 43.3 Å². The summed E-state index contributed by atoms with van der Waals surface area (Å²) in [5.41, 5.74) is 2.29. The highest BCUT2D eigenvalue weighted by molar-refractivity contribution is 6.31. The molecule has 0 aliphatic heterocycles. The predicted molar refractivity (Wildman–Crippen MR) is 89.9 cm³/mol. The lowest BCUT2D eigenvalue weighted by atomic mass is 10.2. The maximum atomic E-state index is 6.08. The molecular formula is C18H18ClNO2. The zero-order valence-corrected chi connectivity index (χ0v) is 13.4. The van der Waals surface area contributed by atoms with E-state index in [1.54, 1.807) is 7.11 Å². The molecule has 3 nitrogen and oxygen atoms in total. The fourth-order valence-electron chi connectivity index (χ4n) is 2.68. The summed E-state index contributed by atoms with van der Waals surface area (Å²) in [6, 6.07) is 15.7. The van der Waals surface area contributed by atoms with Crippen LogP contribution < -0.4 is 9.47 Å². The lowest BCUT2D eigenvalue weighted by molar-refractivity contribution is 0.277. The molecule has 0 saturated heterocycles. The van der Waals surface area contributed by atoms with Gasteiger partial charge in [-0.1, -0.05) is 23.7 Å². The average Bonchev–Trinajstić information content (AvgIpc) is 2.89. The summed E-state index contributed by atoms with van der Waals surface area (Å²) in [6.45, 7) is 3.50. The third kappa shape index (κ3) is 2.77. The molecule has 0 bridgehead atoms. The van der Waals surface area contributed by atoms with Crippen LogP contribution in [0.25, 0.3) is 10.9 Å². The van der Waals surface area contributed by atoms with Crippen molar-refractivity contribution in [2.45, 2.75) is 20.1 Å². The molecular weight excluding hydrogens is 298 g/mol. The molecule has 0 N–H and O–H groups in total. The molecule has 2 aromatic carbocycles. The van der Waals surface area contributed by atoms with E-state index in [0.29, 0.717) is 6.61 Å². The van der Waals surface area contributed by atoms with E-state index in [9.17, 15) is 0 Å². The van der Waals surface area contributed by atoms with E-state index < -0.39 is 0 Å². The summed E-state index contributed by atoms with van der Waals surface area (Å²) in [6.07, 6.45) is 0. The summed E-state index contributed by atoms with van der Waals surface area (Å²) in [4.78, 5) is 0. The summed E-state index contributed by atoms with van der Waals surface area (Å²) < 4.78 is 13.5. The van der Waals surface area contributed by atoms with E-state index in [2.05, 4.69) is 17.6 Å². The van der Waals surface area contributed by atoms with E-state index in [1.165, 1.54) is 5.52 Å². The second-order valence-electron chi connectivity index (χ2n) is 5.02. The van der Waals surface area contributed by atoms with Crippen molar-refractivity contribution in [1.82, 2.24) is 4.57 Å². The van der Waals surface area contributed by atoms with Gasteiger partial charge >= 0.3 is 0 Å². The number of para-hydroxylation sites is 2. The third-order valence-corrected chi connectivity index (χ3v) is 3.95. The predicted octanol–water partition coefficient (Wildman–Crippen LogP) is 4.90. The number of rotatable bonds is 5. The fraction of sp³-hybridized carbons (Fsp3) is 0.222. The molecule has 4 heteroatoms. The monoisotopic (exact) mass is 315 g/mol. The van der Waals surface area contributed by atoms with Gasteiger partial charge in [-0.3, -0.25) is 0 Å². The molecule has 0 aliphatic carbocycles. The first kappa shape index (κ1) is 14.8. The van der Waals surface area contributed by atoms with E-state index in [4.69, 9.17) is 21.1 Å². The van der Waals surface area contributed by atoms with Crippen LogP contribution in [0, 0.1) is 0 Å². The number of methoxy groups -OCH3 is 1. The van der Waals surface area contributed by atoms with Crippen molar-refractivity contribution in [2.24, 2.45) is 0 Å². The number of hydrogen-bond acceptors (Lipinski definition) is 2. The van der Waals surface area contributed by atoms with Crippen LogP contribution in [0.1, 0.15) is 12.6 Å². The first-order valence-electron chi connectivity index (χ1n) is 7.26. The van der Waals surface area contributed by atoms with Crippen LogP contribution in [0.2, 0.25) is 5.02 Å². The van der Waals surface area contributed by atoms with Gasteiger partial charge in [-0.15, -0.1) is 0 Å². The summed E-state index contributed by atoms with van der Waals surface area (Å²) in [7, 11) is 1.65. The fourth-order valence-corrected chi connectivity index (χ4v) is 2.86. The molecule has 0 unspecified atom stereocenters. The standard InChI is InChI=1S/C18H18ClNO2/c1-3-20-15(11-13-10-14(19)8-9-16(13)20)12-22-18-7-5-4-6-17(18)21-2/h4-11H,3,12H2,1-2H3. The second kappa shape index (κ2) is 6.32. The Morgan fingerprint density at radius 3 is 2.55 bits per heavy atom. The number of halogens is 1. The molecule has 0 radical (unpaired) electrons. The van der Waals surface area contributed by atoms with Crippen LogP contribution in [-0.2, 0) is 13.2 Å². The van der Waals surface area contributed by atoms with Gasteiger partial charge in [0.1, 0.15) is 6.61 Å². The van der Waals surface area contributed by atoms with Gasteiger partial charge in [0.05, 0.1) is 12.8 Å². The highest BCUT2D eigenvalue weighted by atomic mass is 35.5. The third-order valence-electron chi connectivity index (χ3n) is 3.71. The first-order chi connectivity index (χ1) is 10.7. The maximum absolute atomic E-state index is 6.08. The molecule has 3 aromatic rings. The van der Waals surface area contributed by atoms with Gasteiger partial charge < -0.3 is 14.0 Å². The van der Waals surface area contributed by atoms with Crippen molar-refractivity contribution in [2.75, 3.05) is 7.11 Å². The smallest absolute Gasteiger partial charge is 0.161 e. The molecule has 0 amide bonds. The molecule has 1 aromatic heterocycles.